The first-order valence-electron chi connectivity index (χ1n) is 11.7. The lowest BCUT2D eigenvalue weighted by Gasteiger charge is -2.36. The molecule has 0 spiro atoms. The van der Waals surface area contributed by atoms with Crippen molar-refractivity contribution in [3.8, 4) is 5.75 Å². The van der Waals surface area contributed by atoms with Crippen molar-refractivity contribution >= 4 is 29.0 Å². The SMILES string of the molecule is COc1cc(N)c(Cl)cc1C(=O)NCC1CCCCN1CCCCCC(=O)c1ccccc1. The summed E-state index contributed by atoms with van der Waals surface area (Å²) in [6.45, 7) is 2.61. The topological polar surface area (TPSA) is 84.7 Å². The maximum absolute atomic E-state index is 12.8. The number of nitrogens with one attached hydrogen (secondary N) is 1. The minimum Gasteiger partial charge on any atom is -0.496 e. The zero-order valence-electron chi connectivity index (χ0n) is 19.3. The van der Waals surface area contributed by atoms with Gasteiger partial charge >= 0.3 is 0 Å². The van der Waals surface area contributed by atoms with Gasteiger partial charge < -0.3 is 15.8 Å². The number of likely N-dealkylation sites (tertiary alicyclic amines) is 1. The van der Waals surface area contributed by atoms with Crippen molar-refractivity contribution in [1.29, 1.82) is 0 Å². The summed E-state index contributed by atoms with van der Waals surface area (Å²) >= 11 is 6.11. The molecule has 1 unspecified atom stereocenters. The first-order valence-corrected chi connectivity index (χ1v) is 12.1. The predicted molar refractivity (Wildman–Crippen MR) is 133 cm³/mol. The number of nitrogens with two attached hydrogens (primary N) is 1. The van der Waals surface area contributed by atoms with Crippen molar-refractivity contribution in [3.05, 3.63) is 58.6 Å². The van der Waals surface area contributed by atoms with E-state index in [0.29, 0.717) is 41.0 Å². The van der Waals surface area contributed by atoms with E-state index in [1.54, 1.807) is 12.1 Å². The molecule has 0 aliphatic carbocycles. The molecule has 0 aromatic heterocycles. The molecule has 1 heterocycles. The molecule has 1 saturated heterocycles. The first-order chi connectivity index (χ1) is 16.0. The number of carbonyl (C=O) groups excluding carboxylic acids is 2. The molecule has 3 N–H and O–H groups in total. The van der Waals surface area contributed by atoms with Gasteiger partial charge in [0.15, 0.2) is 5.78 Å². The Bertz CT molecular complexity index is 936. The van der Waals surface area contributed by atoms with Crippen LogP contribution in [0.2, 0.25) is 5.02 Å². The number of methoxy groups -OCH3 is 1. The van der Waals surface area contributed by atoms with E-state index in [9.17, 15) is 9.59 Å². The van der Waals surface area contributed by atoms with Crippen molar-refractivity contribution in [1.82, 2.24) is 10.2 Å². The van der Waals surface area contributed by atoms with Gasteiger partial charge in [-0.3, -0.25) is 14.5 Å². The quantitative estimate of drug-likeness (QED) is 0.275. The largest absolute Gasteiger partial charge is 0.496 e. The number of benzene rings is 2. The van der Waals surface area contributed by atoms with Crippen LogP contribution in [0.5, 0.6) is 5.75 Å². The van der Waals surface area contributed by atoms with Gasteiger partial charge in [-0.15, -0.1) is 0 Å². The highest BCUT2D eigenvalue weighted by Crippen LogP contribution is 2.29. The van der Waals surface area contributed by atoms with Crippen molar-refractivity contribution in [2.24, 2.45) is 0 Å². The van der Waals surface area contributed by atoms with E-state index in [1.807, 2.05) is 30.3 Å². The van der Waals surface area contributed by atoms with Crippen LogP contribution in [0.3, 0.4) is 0 Å². The van der Waals surface area contributed by atoms with Gasteiger partial charge in [0, 0.05) is 30.6 Å². The van der Waals surface area contributed by atoms with Gasteiger partial charge in [0.2, 0.25) is 0 Å². The molecule has 178 valence electrons. The highest BCUT2D eigenvalue weighted by atomic mass is 35.5. The number of anilines is 1. The number of ketones is 1. The van der Waals surface area contributed by atoms with Gasteiger partial charge in [-0.05, 0) is 44.8 Å². The summed E-state index contributed by atoms with van der Waals surface area (Å²) in [7, 11) is 1.51. The maximum Gasteiger partial charge on any atom is 0.255 e. The van der Waals surface area contributed by atoms with Gasteiger partial charge in [0.1, 0.15) is 5.75 Å². The number of piperidine rings is 1. The molecular weight excluding hydrogens is 438 g/mol. The van der Waals surface area contributed by atoms with E-state index in [4.69, 9.17) is 22.1 Å². The molecule has 0 bridgehead atoms. The third kappa shape index (κ3) is 7.21. The van der Waals surface area contributed by atoms with Crippen molar-refractivity contribution in [3.63, 3.8) is 0 Å². The molecule has 1 aliphatic heterocycles. The number of unbranched alkanes of at least 4 members (excludes halogenated alkanes) is 2. The third-order valence-corrected chi connectivity index (χ3v) is 6.58. The molecule has 33 heavy (non-hydrogen) atoms. The zero-order valence-corrected chi connectivity index (χ0v) is 20.1. The number of nitrogen functional groups attached to an aromatic ring is 1. The fourth-order valence-electron chi connectivity index (χ4n) is 4.35. The number of hydrogen-bond donors (Lipinski definition) is 2. The summed E-state index contributed by atoms with van der Waals surface area (Å²) in [6, 6.07) is 12.9. The second-order valence-corrected chi connectivity index (χ2v) is 8.98. The summed E-state index contributed by atoms with van der Waals surface area (Å²) in [5.74, 6) is 0.422. The Morgan fingerprint density at radius 1 is 1.15 bits per heavy atom. The molecule has 1 atom stereocenters. The molecular formula is C26H34ClN3O3. The molecule has 1 amide bonds. The number of hydrogen-bond acceptors (Lipinski definition) is 5. The Kier molecular flexibility index (Phi) is 9.58. The van der Waals surface area contributed by atoms with Gasteiger partial charge in [0.25, 0.3) is 5.91 Å². The number of rotatable bonds is 11. The predicted octanol–water partition coefficient (Wildman–Crippen LogP) is 4.96. The van der Waals surface area contributed by atoms with Gasteiger partial charge in [-0.1, -0.05) is 54.8 Å². The van der Waals surface area contributed by atoms with Crippen LogP contribution >= 0.6 is 11.6 Å². The number of carbonyl (C=O) groups is 2. The smallest absolute Gasteiger partial charge is 0.255 e. The zero-order chi connectivity index (χ0) is 23.6. The number of amides is 1. The average Bonchev–Trinajstić information content (AvgIpc) is 2.84. The Morgan fingerprint density at radius 2 is 1.94 bits per heavy atom. The van der Waals surface area contributed by atoms with Crippen LogP contribution in [-0.2, 0) is 0 Å². The lowest BCUT2D eigenvalue weighted by atomic mass is 10.0. The molecule has 2 aromatic carbocycles. The number of Topliss-reactive ketones (excluding diaryl/α,β-unsaturated/α-hetero) is 1. The second kappa shape index (κ2) is 12.6. The minimum atomic E-state index is -0.210. The summed E-state index contributed by atoms with van der Waals surface area (Å²) < 4.78 is 5.30. The number of nitrogens with zero attached hydrogens (tertiary/aromatic N) is 1. The van der Waals surface area contributed by atoms with Crippen LogP contribution < -0.4 is 15.8 Å². The maximum atomic E-state index is 12.8. The Labute approximate surface area is 201 Å². The van der Waals surface area contributed by atoms with Crippen LogP contribution in [0.15, 0.2) is 42.5 Å². The molecule has 0 radical (unpaired) electrons. The summed E-state index contributed by atoms with van der Waals surface area (Å²) in [5, 5.41) is 3.39. The monoisotopic (exact) mass is 471 g/mol. The standard InChI is InChI=1S/C26H34ClN3O3/c1-33-25-17-23(28)22(27)16-21(25)26(32)29-18-20-12-7-9-15-30(20)14-8-3-6-13-24(31)19-10-4-2-5-11-19/h2,4-5,10-11,16-17,20H,3,6-9,12-15,18,28H2,1H3,(H,29,32). The molecule has 1 aliphatic rings. The van der Waals surface area contributed by atoms with E-state index in [0.717, 1.165) is 44.3 Å². The molecule has 3 rings (SSSR count). The van der Waals surface area contributed by atoms with E-state index >= 15 is 0 Å². The Morgan fingerprint density at radius 3 is 2.70 bits per heavy atom. The average molecular weight is 472 g/mol. The lowest BCUT2D eigenvalue weighted by molar-refractivity contribution is 0.0909. The normalized spacial score (nSPS) is 16.4. The van der Waals surface area contributed by atoms with Gasteiger partial charge in [-0.25, -0.2) is 0 Å². The van der Waals surface area contributed by atoms with E-state index in [-0.39, 0.29) is 11.7 Å². The van der Waals surface area contributed by atoms with Crippen LogP contribution in [0, 0.1) is 0 Å². The Hall–Kier alpha value is -2.57. The molecule has 2 aromatic rings. The molecule has 7 heteroatoms. The third-order valence-electron chi connectivity index (χ3n) is 6.26. The van der Waals surface area contributed by atoms with E-state index in [1.165, 1.54) is 20.0 Å². The van der Waals surface area contributed by atoms with Crippen LogP contribution in [0.1, 0.15) is 65.7 Å². The van der Waals surface area contributed by atoms with Gasteiger partial charge in [0.05, 0.1) is 23.4 Å². The van der Waals surface area contributed by atoms with Crippen molar-refractivity contribution < 1.29 is 14.3 Å². The van der Waals surface area contributed by atoms with E-state index in [2.05, 4.69) is 10.2 Å². The second-order valence-electron chi connectivity index (χ2n) is 8.57. The fourth-order valence-corrected chi connectivity index (χ4v) is 4.52. The van der Waals surface area contributed by atoms with Crippen LogP contribution in [0.4, 0.5) is 5.69 Å². The molecule has 0 saturated carbocycles. The number of halogens is 1. The van der Waals surface area contributed by atoms with Crippen molar-refractivity contribution in [2.75, 3.05) is 32.5 Å². The first kappa shape index (κ1) is 25.1. The minimum absolute atomic E-state index is 0.210. The highest BCUT2D eigenvalue weighted by molar-refractivity contribution is 6.33. The summed E-state index contributed by atoms with van der Waals surface area (Å²) in [6.07, 6.45) is 6.98. The summed E-state index contributed by atoms with van der Waals surface area (Å²) in [5.41, 5.74) is 7.39. The molecule has 6 nitrogen and oxygen atoms in total. The Balaban J connectivity index is 1.44. The van der Waals surface area contributed by atoms with Crippen molar-refractivity contribution in [2.45, 2.75) is 51.0 Å². The van der Waals surface area contributed by atoms with Crippen LogP contribution in [-0.4, -0.2) is 49.4 Å². The van der Waals surface area contributed by atoms with Gasteiger partial charge in [-0.2, -0.15) is 0 Å². The van der Waals surface area contributed by atoms with Crippen LogP contribution in [0.25, 0.3) is 0 Å². The van der Waals surface area contributed by atoms with E-state index < -0.39 is 0 Å². The number of ether oxygens (including phenoxy) is 1. The fraction of sp³-hybridized carbons (Fsp3) is 0.462. The lowest BCUT2D eigenvalue weighted by Crippen LogP contribution is -2.47. The molecule has 1 fully saturated rings. The highest BCUT2D eigenvalue weighted by Gasteiger charge is 2.23. The summed E-state index contributed by atoms with van der Waals surface area (Å²) in [4.78, 5) is 27.5.